The van der Waals surface area contributed by atoms with E-state index in [1.54, 1.807) is 0 Å². The minimum atomic E-state index is -0.506. The van der Waals surface area contributed by atoms with E-state index in [-0.39, 0.29) is 17.8 Å². The Morgan fingerprint density at radius 3 is 2.70 bits per heavy atom. The molecule has 2 rings (SSSR count). The van der Waals surface area contributed by atoms with Crippen molar-refractivity contribution in [3.8, 4) is 5.88 Å². The second-order valence-electron chi connectivity index (χ2n) is 5.78. The second kappa shape index (κ2) is 5.83. The Balaban J connectivity index is 2.48. The zero-order valence-electron chi connectivity index (χ0n) is 12.3. The first-order valence-corrected chi connectivity index (χ1v) is 7.20. The SMILES string of the molecule is CCCc1c(O)n(C2CCN(C)CC2C)c(=O)[nH]c1=O. The molecule has 1 aliphatic heterocycles. The molecule has 1 saturated heterocycles. The average Bonchev–Trinajstić information content (AvgIpc) is 2.37. The molecular weight excluding hydrogens is 258 g/mol. The van der Waals surface area contributed by atoms with Crippen LogP contribution < -0.4 is 11.2 Å². The number of nitrogens with zero attached hydrogens (tertiary/aromatic N) is 2. The molecule has 112 valence electrons. The summed E-state index contributed by atoms with van der Waals surface area (Å²) < 4.78 is 1.38. The number of aromatic hydroxyl groups is 1. The van der Waals surface area contributed by atoms with Gasteiger partial charge in [-0.05, 0) is 32.4 Å². The Morgan fingerprint density at radius 1 is 1.40 bits per heavy atom. The summed E-state index contributed by atoms with van der Waals surface area (Å²) in [6.07, 6.45) is 2.02. The molecule has 0 saturated carbocycles. The molecule has 2 N–H and O–H groups in total. The van der Waals surface area contributed by atoms with Crippen LogP contribution in [0.25, 0.3) is 0 Å². The quantitative estimate of drug-likeness (QED) is 0.855. The fourth-order valence-electron chi connectivity index (χ4n) is 3.08. The highest BCUT2D eigenvalue weighted by molar-refractivity contribution is 5.23. The predicted molar refractivity (Wildman–Crippen MR) is 77.3 cm³/mol. The summed E-state index contributed by atoms with van der Waals surface area (Å²) in [6.45, 7) is 5.76. The molecule has 6 heteroatoms. The normalized spacial score (nSPS) is 23.9. The molecule has 2 atom stereocenters. The van der Waals surface area contributed by atoms with Crippen LogP contribution in [-0.2, 0) is 6.42 Å². The fraction of sp³-hybridized carbons (Fsp3) is 0.714. The van der Waals surface area contributed by atoms with Crippen LogP contribution in [0, 0.1) is 5.92 Å². The Labute approximate surface area is 118 Å². The van der Waals surface area contributed by atoms with E-state index in [9.17, 15) is 14.7 Å². The number of nitrogens with one attached hydrogen (secondary N) is 1. The number of H-pyrrole nitrogens is 1. The minimum Gasteiger partial charge on any atom is -0.494 e. The number of hydrogen-bond donors (Lipinski definition) is 2. The van der Waals surface area contributed by atoms with Crippen molar-refractivity contribution in [1.29, 1.82) is 0 Å². The van der Waals surface area contributed by atoms with Gasteiger partial charge in [0.2, 0.25) is 5.88 Å². The molecule has 2 heterocycles. The van der Waals surface area contributed by atoms with Gasteiger partial charge in [0.1, 0.15) is 0 Å². The lowest BCUT2D eigenvalue weighted by Crippen LogP contribution is -2.43. The summed E-state index contributed by atoms with van der Waals surface area (Å²) >= 11 is 0. The fourth-order valence-corrected chi connectivity index (χ4v) is 3.08. The first-order valence-electron chi connectivity index (χ1n) is 7.20. The van der Waals surface area contributed by atoms with Crippen LogP contribution in [0.5, 0.6) is 5.88 Å². The van der Waals surface area contributed by atoms with Crippen LogP contribution in [0.2, 0.25) is 0 Å². The van der Waals surface area contributed by atoms with Crippen molar-refractivity contribution in [1.82, 2.24) is 14.5 Å². The maximum Gasteiger partial charge on any atom is 0.331 e. The summed E-state index contributed by atoms with van der Waals surface area (Å²) in [6, 6.07) is -0.0637. The van der Waals surface area contributed by atoms with Crippen LogP contribution in [-0.4, -0.2) is 39.7 Å². The number of piperidine rings is 1. The third-order valence-corrected chi connectivity index (χ3v) is 4.11. The zero-order valence-corrected chi connectivity index (χ0v) is 12.3. The van der Waals surface area contributed by atoms with E-state index in [2.05, 4.69) is 16.8 Å². The molecule has 6 nitrogen and oxygen atoms in total. The lowest BCUT2D eigenvalue weighted by atomic mass is 9.93. The maximum atomic E-state index is 12.1. The second-order valence-corrected chi connectivity index (χ2v) is 5.78. The van der Waals surface area contributed by atoms with Crippen molar-refractivity contribution in [2.75, 3.05) is 20.1 Å². The molecule has 0 amide bonds. The molecule has 0 aliphatic carbocycles. The first kappa shape index (κ1) is 14.8. The third kappa shape index (κ3) is 2.65. The van der Waals surface area contributed by atoms with Gasteiger partial charge in [0.05, 0.1) is 5.56 Å². The molecular formula is C14H23N3O3. The smallest absolute Gasteiger partial charge is 0.331 e. The first-order chi connectivity index (χ1) is 9.45. The van der Waals surface area contributed by atoms with E-state index in [1.807, 2.05) is 14.0 Å². The van der Waals surface area contributed by atoms with Crippen LogP contribution in [0.3, 0.4) is 0 Å². The van der Waals surface area contributed by atoms with Crippen LogP contribution >= 0.6 is 0 Å². The van der Waals surface area contributed by atoms with Gasteiger partial charge < -0.3 is 10.0 Å². The Kier molecular flexibility index (Phi) is 4.32. The van der Waals surface area contributed by atoms with E-state index < -0.39 is 11.2 Å². The summed E-state index contributed by atoms with van der Waals surface area (Å²) in [5.74, 6) is 0.0970. The van der Waals surface area contributed by atoms with Gasteiger partial charge in [0, 0.05) is 12.6 Å². The number of likely N-dealkylation sites (tertiary alicyclic amines) is 1. The molecule has 1 aliphatic rings. The lowest BCUT2D eigenvalue weighted by molar-refractivity contribution is 0.147. The van der Waals surface area contributed by atoms with Gasteiger partial charge in [-0.25, -0.2) is 4.79 Å². The molecule has 20 heavy (non-hydrogen) atoms. The van der Waals surface area contributed by atoms with Gasteiger partial charge in [-0.3, -0.25) is 14.3 Å². The van der Waals surface area contributed by atoms with Crippen molar-refractivity contribution in [3.63, 3.8) is 0 Å². The molecule has 0 bridgehead atoms. The van der Waals surface area contributed by atoms with Gasteiger partial charge in [-0.1, -0.05) is 20.3 Å². The standard InChI is InChI=1S/C14H23N3O3/c1-4-5-10-12(18)15-14(20)17(13(10)19)11-6-7-16(3)8-9(11)2/h9,11,19H,4-8H2,1-3H3,(H,15,18,20). The van der Waals surface area contributed by atoms with Gasteiger partial charge in [0.15, 0.2) is 0 Å². The van der Waals surface area contributed by atoms with Crippen molar-refractivity contribution >= 4 is 0 Å². The molecule has 1 fully saturated rings. The zero-order chi connectivity index (χ0) is 14.9. The number of aromatic amines is 1. The van der Waals surface area contributed by atoms with E-state index in [1.165, 1.54) is 4.57 Å². The monoisotopic (exact) mass is 281 g/mol. The van der Waals surface area contributed by atoms with Crippen molar-refractivity contribution < 1.29 is 5.11 Å². The maximum absolute atomic E-state index is 12.1. The van der Waals surface area contributed by atoms with Crippen molar-refractivity contribution in [2.45, 2.75) is 39.2 Å². The predicted octanol–water partition coefficient (Wildman–Crippen LogP) is 0.707. The number of rotatable bonds is 3. The van der Waals surface area contributed by atoms with E-state index in [4.69, 9.17) is 0 Å². The Morgan fingerprint density at radius 2 is 2.10 bits per heavy atom. The lowest BCUT2D eigenvalue weighted by Gasteiger charge is -2.36. The Hall–Kier alpha value is -1.56. The van der Waals surface area contributed by atoms with Crippen molar-refractivity contribution in [2.24, 2.45) is 5.92 Å². The van der Waals surface area contributed by atoms with E-state index in [0.29, 0.717) is 12.0 Å². The van der Waals surface area contributed by atoms with Crippen LogP contribution in [0.15, 0.2) is 9.59 Å². The highest BCUT2D eigenvalue weighted by atomic mass is 16.3. The highest BCUT2D eigenvalue weighted by Crippen LogP contribution is 2.29. The molecule has 2 unspecified atom stereocenters. The van der Waals surface area contributed by atoms with Gasteiger partial charge in [-0.15, -0.1) is 0 Å². The van der Waals surface area contributed by atoms with Gasteiger partial charge in [0.25, 0.3) is 5.56 Å². The van der Waals surface area contributed by atoms with Crippen LogP contribution in [0.1, 0.15) is 38.3 Å². The average molecular weight is 281 g/mol. The van der Waals surface area contributed by atoms with E-state index in [0.717, 1.165) is 25.9 Å². The summed E-state index contributed by atoms with van der Waals surface area (Å²) in [7, 11) is 2.05. The molecule has 1 aromatic rings. The summed E-state index contributed by atoms with van der Waals surface area (Å²) in [5.41, 5.74) is -0.654. The topological polar surface area (TPSA) is 78.3 Å². The number of aromatic nitrogens is 2. The minimum absolute atomic E-state index is 0.0637. The highest BCUT2D eigenvalue weighted by Gasteiger charge is 2.29. The van der Waals surface area contributed by atoms with Gasteiger partial charge in [-0.2, -0.15) is 0 Å². The summed E-state index contributed by atoms with van der Waals surface area (Å²) in [5, 5.41) is 10.3. The van der Waals surface area contributed by atoms with Gasteiger partial charge >= 0.3 is 5.69 Å². The molecule has 1 aromatic heterocycles. The Bertz CT molecular complexity index is 590. The van der Waals surface area contributed by atoms with Crippen molar-refractivity contribution in [3.05, 3.63) is 26.4 Å². The largest absolute Gasteiger partial charge is 0.494 e. The molecule has 0 aromatic carbocycles. The summed E-state index contributed by atoms with van der Waals surface area (Å²) in [4.78, 5) is 28.4. The third-order valence-electron chi connectivity index (χ3n) is 4.11. The molecule has 0 radical (unpaired) electrons. The van der Waals surface area contributed by atoms with Crippen LogP contribution in [0.4, 0.5) is 0 Å². The molecule has 0 spiro atoms. The number of hydrogen-bond acceptors (Lipinski definition) is 4. The van der Waals surface area contributed by atoms with E-state index >= 15 is 0 Å².